The molecule has 0 spiro atoms. The third-order valence-electron chi connectivity index (χ3n) is 4.54. The maximum absolute atomic E-state index is 12.5. The maximum Gasteiger partial charge on any atom is 0.410 e. The van der Waals surface area contributed by atoms with Crippen molar-refractivity contribution in [1.29, 1.82) is 0 Å². The summed E-state index contributed by atoms with van der Waals surface area (Å²) in [7, 11) is -1.93. The second-order valence-corrected chi connectivity index (χ2v) is 13.7. The second-order valence-electron chi connectivity index (χ2n) is 8.87. The molecule has 0 radical (unpaired) electrons. The summed E-state index contributed by atoms with van der Waals surface area (Å²) < 4.78 is 17.2. The average Bonchev–Trinajstić information content (AvgIpc) is 2.42. The van der Waals surface area contributed by atoms with Gasteiger partial charge >= 0.3 is 6.09 Å². The summed E-state index contributed by atoms with van der Waals surface area (Å²) in [6.07, 6.45) is -0.314. The first-order valence-electron chi connectivity index (χ1n) is 8.47. The summed E-state index contributed by atoms with van der Waals surface area (Å²) >= 11 is 0. The van der Waals surface area contributed by atoms with Crippen molar-refractivity contribution in [3.63, 3.8) is 0 Å². The van der Waals surface area contributed by atoms with Crippen LogP contribution in [0.5, 0.6) is 0 Å². The van der Waals surface area contributed by atoms with Crippen molar-refractivity contribution in [3.05, 3.63) is 0 Å². The Morgan fingerprint density at radius 2 is 1.83 bits per heavy atom. The molecule has 0 N–H and O–H groups in total. The minimum atomic E-state index is -1.93. The van der Waals surface area contributed by atoms with Crippen LogP contribution in [0.3, 0.4) is 0 Å². The Balaban J connectivity index is 2.82. The molecule has 2 atom stereocenters. The molecular formula is C17H33NO5Si. The minimum absolute atomic E-state index is 0.0879. The smallest absolute Gasteiger partial charge is 0.410 e. The predicted octanol–water partition coefficient (Wildman–Crippen LogP) is 3.21. The number of ether oxygens (including phenoxy) is 2. The molecule has 1 amide bonds. The van der Waals surface area contributed by atoms with Crippen LogP contribution < -0.4 is 0 Å². The Kier molecular flexibility index (Phi) is 6.63. The molecule has 24 heavy (non-hydrogen) atoms. The number of morpholine rings is 1. The lowest BCUT2D eigenvalue weighted by atomic mass is 10.2. The van der Waals surface area contributed by atoms with Crippen LogP contribution in [0, 0.1) is 0 Å². The van der Waals surface area contributed by atoms with E-state index in [9.17, 15) is 9.59 Å². The molecule has 0 saturated carbocycles. The van der Waals surface area contributed by atoms with E-state index in [1.807, 2.05) is 20.8 Å². The van der Waals surface area contributed by atoms with Gasteiger partial charge in [-0.05, 0) is 38.9 Å². The van der Waals surface area contributed by atoms with Gasteiger partial charge < -0.3 is 18.7 Å². The number of carbonyl (C=O) groups is 2. The predicted molar refractivity (Wildman–Crippen MR) is 95.7 cm³/mol. The lowest BCUT2D eigenvalue weighted by molar-refractivity contribution is -0.128. The van der Waals surface area contributed by atoms with Crippen molar-refractivity contribution in [2.24, 2.45) is 0 Å². The SMILES string of the molecule is CC(C)(C)OC(=O)N1CC(C=O)OCC1CO[Si](C)(C)C(C)(C)C. The van der Waals surface area contributed by atoms with Gasteiger partial charge in [0.05, 0.1) is 25.8 Å². The van der Waals surface area contributed by atoms with Gasteiger partial charge in [-0.3, -0.25) is 4.90 Å². The fourth-order valence-electron chi connectivity index (χ4n) is 2.01. The van der Waals surface area contributed by atoms with Crippen LogP contribution in [0.25, 0.3) is 0 Å². The normalized spacial score (nSPS) is 23.1. The molecule has 2 unspecified atom stereocenters. The van der Waals surface area contributed by atoms with Crippen molar-refractivity contribution in [3.8, 4) is 0 Å². The molecule has 140 valence electrons. The first-order valence-corrected chi connectivity index (χ1v) is 11.4. The van der Waals surface area contributed by atoms with Gasteiger partial charge in [0.2, 0.25) is 0 Å². The monoisotopic (exact) mass is 359 g/mol. The van der Waals surface area contributed by atoms with E-state index < -0.39 is 26.1 Å². The first-order chi connectivity index (χ1) is 10.8. The van der Waals surface area contributed by atoms with Crippen molar-refractivity contribution in [1.82, 2.24) is 4.90 Å². The van der Waals surface area contributed by atoms with Crippen molar-refractivity contribution in [2.75, 3.05) is 19.8 Å². The standard InChI is InChI=1S/C17H33NO5Si/c1-16(2,3)23-15(20)18-9-14(10-19)21-11-13(18)12-22-24(7,8)17(4,5)6/h10,13-14H,9,11-12H2,1-8H3. The third kappa shape index (κ3) is 5.86. The van der Waals surface area contributed by atoms with E-state index in [4.69, 9.17) is 13.9 Å². The highest BCUT2D eigenvalue weighted by Gasteiger charge is 2.40. The van der Waals surface area contributed by atoms with E-state index in [0.717, 1.165) is 6.29 Å². The van der Waals surface area contributed by atoms with Gasteiger partial charge in [-0.15, -0.1) is 0 Å². The summed E-state index contributed by atoms with van der Waals surface area (Å²) in [6.45, 7) is 17.2. The Labute approximate surface area is 147 Å². The summed E-state index contributed by atoms with van der Waals surface area (Å²) in [5.74, 6) is 0. The molecule has 6 nitrogen and oxygen atoms in total. The van der Waals surface area contributed by atoms with Crippen molar-refractivity contribution < 1.29 is 23.5 Å². The minimum Gasteiger partial charge on any atom is -0.444 e. The summed E-state index contributed by atoms with van der Waals surface area (Å²) in [4.78, 5) is 25.1. The number of nitrogens with zero attached hydrogens (tertiary/aromatic N) is 1. The van der Waals surface area contributed by atoms with Crippen LogP contribution in [0.1, 0.15) is 41.5 Å². The Bertz CT molecular complexity index is 453. The Hall–Kier alpha value is -0.923. The van der Waals surface area contributed by atoms with E-state index in [0.29, 0.717) is 6.61 Å². The number of hydrogen-bond donors (Lipinski definition) is 0. The maximum atomic E-state index is 12.5. The molecule has 1 rings (SSSR count). The van der Waals surface area contributed by atoms with Crippen LogP contribution in [0.15, 0.2) is 0 Å². The van der Waals surface area contributed by atoms with E-state index >= 15 is 0 Å². The van der Waals surface area contributed by atoms with E-state index in [1.165, 1.54) is 0 Å². The number of aldehydes is 1. The van der Waals surface area contributed by atoms with E-state index in [-0.39, 0.29) is 24.2 Å². The molecule has 1 saturated heterocycles. The van der Waals surface area contributed by atoms with Gasteiger partial charge in [0, 0.05) is 0 Å². The molecule has 1 aliphatic rings. The molecule has 1 fully saturated rings. The molecule has 7 heteroatoms. The fraction of sp³-hybridized carbons (Fsp3) is 0.882. The zero-order chi connectivity index (χ0) is 18.8. The highest BCUT2D eigenvalue weighted by atomic mass is 28.4. The topological polar surface area (TPSA) is 65.1 Å². The largest absolute Gasteiger partial charge is 0.444 e. The third-order valence-corrected chi connectivity index (χ3v) is 9.04. The van der Waals surface area contributed by atoms with Gasteiger partial charge in [-0.1, -0.05) is 20.8 Å². The summed E-state index contributed by atoms with van der Waals surface area (Å²) in [5, 5.41) is 0.0879. The quantitative estimate of drug-likeness (QED) is 0.570. The lowest BCUT2D eigenvalue weighted by Crippen LogP contribution is -2.57. The highest BCUT2D eigenvalue weighted by Crippen LogP contribution is 2.36. The number of carbonyl (C=O) groups excluding carboxylic acids is 2. The molecular weight excluding hydrogens is 326 g/mol. The number of amides is 1. The molecule has 0 aromatic rings. The van der Waals surface area contributed by atoms with Crippen LogP contribution in [-0.4, -0.2) is 63.1 Å². The molecule has 1 aliphatic heterocycles. The van der Waals surface area contributed by atoms with Gasteiger partial charge in [-0.2, -0.15) is 0 Å². The number of rotatable bonds is 4. The molecule has 0 aliphatic carbocycles. The zero-order valence-electron chi connectivity index (χ0n) is 16.3. The number of hydrogen-bond acceptors (Lipinski definition) is 5. The van der Waals surface area contributed by atoms with Gasteiger partial charge in [0.15, 0.2) is 14.6 Å². The zero-order valence-corrected chi connectivity index (χ0v) is 17.3. The Morgan fingerprint density at radius 1 is 1.25 bits per heavy atom. The Morgan fingerprint density at radius 3 is 2.29 bits per heavy atom. The van der Waals surface area contributed by atoms with Gasteiger partial charge in [0.25, 0.3) is 0 Å². The van der Waals surface area contributed by atoms with Gasteiger partial charge in [0.1, 0.15) is 11.7 Å². The van der Waals surface area contributed by atoms with Crippen molar-refractivity contribution in [2.45, 2.75) is 77.4 Å². The van der Waals surface area contributed by atoms with Crippen LogP contribution in [0.2, 0.25) is 18.1 Å². The second kappa shape index (κ2) is 7.54. The van der Waals surface area contributed by atoms with E-state index in [2.05, 4.69) is 33.9 Å². The molecule has 1 heterocycles. The van der Waals surface area contributed by atoms with Crippen LogP contribution in [-0.2, 0) is 18.7 Å². The van der Waals surface area contributed by atoms with Crippen molar-refractivity contribution >= 4 is 20.7 Å². The lowest BCUT2D eigenvalue weighted by Gasteiger charge is -2.42. The van der Waals surface area contributed by atoms with Gasteiger partial charge in [-0.25, -0.2) is 4.79 Å². The van der Waals surface area contributed by atoms with Crippen LogP contribution >= 0.6 is 0 Å². The average molecular weight is 360 g/mol. The summed E-state index contributed by atoms with van der Waals surface area (Å²) in [5.41, 5.74) is -0.586. The summed E-state index contributed by atoms with van der Waals surface area (Å²) in [6, 6.07) is -0.245. The highest BCUT2D eigenvalue weighted by molar-refractivity contribution is 6.74. The molecule has 0 bridgehead atoms. The van der Waals surface area contributed by atoms with E-state index in [1.54, 1.807) is 4.90 Å². The molecule has 0 aromatic heterocycles. The molecule has 0 aromatic carbocycles. The van der Waals surface area contributed by atoms with Crippen LogP contribution in [0.4, 0.5) is 4.79 Å². The first kappa shape index (κ1) is 21.1. The fourth-order valence-corrected chi connectivity index (χ4v) is 3.05.